The standard InChI is InChI=1S/C12H9N2/c13-14-12-8-4-7-11(9-12)10-5-2-1-3-6-10/h1-9H/q+1. The van der Waals surface area contributed by atoms with Crippen LogP contribution in [0.15, 0.2) is 54.6 Å². The lowest BCUT2D eigenvalue weighted by molar-refractivity contribution is 1.46. The Balaban J connectivity index is 2.49. The topological polar surface area (TPSA) is 28.1 Å². The third kappa shape index (κ3) is 1.62. The Hall–Kier alpha value is -2.14. The Morgan fingerprint density at radius 2 is 1.50 bits per heavy atom. The largest absolute Gasteiger partial charge is 0.385 e. The molecule has 0 radical (unpaired) electrons. The van der Waals surface area contributed by atoms with E-state index in [-0.39, 0.29) is 0 Å². The molecule has 0 aromatic heterocycles. The monoisotopic (exact) mass is 181 g/mol. The molecule has 2 aromatic rings. The number of rotatable bonds is 1. The molecule has 0 bridgehead atoms. The number of hydrogen-bond donors (Lipinski definition) is 0. The van der Waals surface area contributed by atoms with Crippen LogP contribution in [0.1, 0.15) is 0 Å². The van der Waals surface area contributed by atoms with Crippen LogP contribution >= 0.6 is 0 Å². The first kappa shape index (κ1) is 8.46. The van der Waals surface area contributed by atoms with Crippen LogP contribution in [0, 0.1) is 5.39 Å². The Kier molecular flexibility index (Phi) is 2.24. The minimum Gasteiger partial charge on any atom is -0.0622 e. The fraction of sp³-hybridized carbons (Fsp3) is 0. The lowest BCUT2D eigenvalue weighted by atomic mass is 10.1. The van der Waals surface area contributed by atoms with Crippen molar-refractivity contribution in [1.29, 1.82) is 5.39 Å². The van der Waals surface area contributed by atoms with Crippen LogP contribution in [0.2, 0.25) is 0 Å². The molecule has 2 heteroatoms. The molecule has 0 unspecified atom stereocenters. The van der Waals surface area contributed by atoms with E-state index >= 15 is 0 Å². The van der Waals surface area contributed by atoms with E-state index in [1.807, 2.05) is 48.5 Å². The summed E-state index contributed by atoms with van der Waals surface area (Å²) in [6.07, 6.45) is 0. The van der Waals surface area contributed by atoms with Gasteiger partial charge in [0.1, 0.15) is 0 Å². The van der Waals surface area contributed by atoms with Crippen LogP contribution in [0.4, 0.5) is 5.69 Å². The highest BCUT2D eigenvalue weighted by Gasteiger charge is 2.05. The summed E-state index contributed by atoms with van der Waals surface area (Å²) < 4.78 is 0. The highest BCUT2D eigenvalue weighted by Crippen LogP contribution is 2.23. The summed E-state index contributed by atoms with van der Waals surface area (Å²) in [5.41, 5.74) is 2.75. The summed E-state index contributed by atoms with van der Waals surface area (Å²) in [6.45, 7) is 0. The highest BCUT2D eigenvalue weighted by atomic mass is 14.8. The van der Waals surface area contributed by atoms with Crippen LogP contribution in [-0.2, 0) is 0 Å². The van der Waals surface area contributed by atoms with Crippen molar-refractivity contribution in [3.8, 4) is 11.1 Å². The van der Waals surface area contributed by atoms with Crippen molar-refractivity contribution in [1.82, 2.24) is 0 Å². The van der Waals surface area contributed by atoms with Gasteiger partial charge < -0.3 is 0 Å². The van der Waals surface area contributed by atoms with E-state index in [4.69, 9.17) is 5.39 Å². The van der Waals surface area contributed by atoms with Gasteiger partial charge in [0.15, 0.2) is 4.98 Å². The number of hydrogen-bond acceptors (Lipinski definition) is 1. The number of nitrogens with zero attached hydrogens (tertiary/aromatic N) is 2. The molecule has 0 atom stereocenters. The zero-order valence-electron chi connectivity index (χ0n) is 7.59. The fourth-order valence-corrected chi connectivity index (χ4v) is 1.38. The summed E-state index contributed by atoms with van der Waals surface area (Å²) >= 11 is 0. The van der Waals surface area contributed by atoms with Crippen molar-refractivity contribution >= 4 is 5.69 Å². The summed E-state index contributed by atoms with van der Waals surface area (Å²) in [5.74, 6) is 0. The third-order valence-corrected chi connectivity index (χ3v) is 2.07. The maximum atomic E-state index is 8.63. The van der Waals surface area contributed by atoms with E-state index in [0.717, 1.165) is 11.1 Å². The van der Waals surface area contributed by atoms with E-state index in [9.17, 15) is 0 Å². The molecule has 2 rings (SSSR count). The molecular formula is C12H9N2+. The van der Waals surface area contributed by atoms with Crippen molar-refractivity contribution in [3.63, 3.8) is 0 Å². The Morgan fingerprint density at radius 1 is 0.786 bits per heavy atom. The van der Waals surface area contributed by atoms with Gasteiger partial charge in [0.2, 0.25) is 5.39 Å². The predicted octanol–water partition coefficient (Wildman–Crippen LogP) is 3.84. The summed E-state index contributed by atoms with van der Waals surface area (Å²) in [6, 6.07) is 17.5. The van der Waals surface area contributed by atoms with Gasteiger partial charge in [-0.15, -0.1) is 0 Å². The zero-order chi connectivity index (χ0) is 9.80. The minimum atomic E-state index is 0.575. The molecule has 0 heterocycles. The summed E-state index contributed by atoms with van der Waals surface area (Å²) in [5, 5.41) is 8.63. The SMILES string of the molecule is N#[N+]c1cccc(-c2ccccc2)c1. The van der Waals surface area contributed by atoms with Gasteiger partial charge in [0.05, 0.1) is 0 Å². The van der Waals surface area contributed by atoms with Crippen LogP contribution in [-0.4, -0.2) is 0 Å². The third-order valence-electron chi connectivity index (χ3n) is 2.07. The first-order chi connectivity index (χ1) is 6.90. The van der Waals surface area contributed by atoms with Gasteiger partial charge in [0, 0.05) is 12.1 Å². The lowest BCUT2D eigenvalue weighted by Crippen LogP contribution is -1.74. The Morgan fingerprint density at radius 3 is 2.21 bits per heavy atom. The molecule has 0 N–H and O–H groups in total. The van der Waals surface area contributed by atoms with E-state index in [1.165, 1.54) is 0 Å². The summed E-state index contributed by atoms with van der Waals surface area (Å²) in [4.78, 5) is 3.16. The maximum absolute atomic E-state index is 8.63. The van der Waals surface area contributed by atoms with E-state index in [0.29, 0.717) is 5.69 Å². The number of benzene rings is 2. The average molecular weight is 181 g/mol. The van der Waals surface area contributed by atoms with Crippen LogP contribution in [0.5, 0.6) is 0 Å². The van der Waals surface area contributed by atoms with Crippen molar-refractivity contribution < 1.29 is 0 Å². The van der Waals surface area contributed by atoms with E-state index < -0.39 is 0 Å². The molecule has 14 heavy (non-hydrogen) atoms. The molecule has 2 aromatic carbocycles. The minimum absolute atomic E-state index is 0.575. The zero-order valence-corrected chi connectivity index (χ0v) is 7.59. The van der Waals surface area contributed by atoms with Gasteiger partial charge in [-0.25, -0.2) is 0 Å². The second-order valence-electron chi connectivity index (χ2n) is 3.02. The van der Waals surface area contributed by atoms with Crippen LogP contribution < -0.4 is 0 Å². The molecule has 0 saturated carbocycles. The Bertz CT molecular complexity index is 469. The van der Waals surface area contributed by atoms with Crippen molar-refractivity contribution in [3.05, 3.63) is 59.6 Å². The van der Waals surface area contributed by atoms with E-state index in [1.54, 1.807) is 6.07 Å². The second kappa shape index (κ2) is 3.71. The fourth-order valence-electron chi connectivity index (χ4n) is 1.38. The van der Waals surface area contributed by atoms with Gasteiger partial charge in [-0.2, -0.15) is 0 Å². The van der Waals surface area contributed by atoms with Crippen molar-refractivity contribution in [2.75, 3.05) is 0 Å². The molecule has 0 saturated heterocycles. The van der Waals surface area contributed by atoms with E-state index in [2.05, 4.69) is 4.98 Å². The quantitative estimate of drug-likeness (QED) is 0.614. The van der Waals surface area contributed by atoms with Gasteiger partial charge >= 0.3 is 5.69 Å². The molecular weight excluding hydrogens is 172 g/mol. The van der Waals surface area contributed by atoms with Crippen LogP contribution in [0.3, 0.4) is 0 Å². The Labute approximate surface area is 82.4 Å². The first-order valence-electron chi connectivity index (χ1n) is 4.41. The average Bonchev–Trinajstić information content (AvgIpc) is 2.30. The smallest absolute Gasteiger partial charge is 0.0622 e. The number of diazo groups is 1. The molecule has 0 fully saturated rings. The second-order valence-corrected chi connectivity index (χ2v) is 3.02. The maximum Gasteiger partial charge on any atom is 0.385 e. The molecule has 0 amide bonds. The molecule has 0 spiro atoms. The first-order valence-corrected chi connectivity index (χ1v) is 4.41. The highest BCUT2D eigenvalue weighted by molar-refractivity contribution is 5.67. The lowest BCUT2D eigenvalue weighted by Gasteiger charge is -1.97. The van der Waals surface area contributed by atoms with Gasteiger partial charge in [-0.1, -0.05) is 42.5 Å². The molecule has 0 aliphatic rings. The van der Waals surface area contributed by atoms with Gasteiger partial charge in [0.25, 0.3) is 0 Å². The molecule has 0 aliphatic heterocycles. The normalized spacial score (nSPS) is 9.36. The van der Waals surface area contributed by atoms with Crippen molar-refractivity contribution in [2.45, 2.75) is 0 Å². The molecule has 2 nitrogen and oxygen atoms in total. The van der Waals surface area contributed by atoms with Crippen molar-refractivity contribution in [2.24, 2.45) is 0 Å². The molecule has 66 valence electrons. The van der Waals surface area contributed by atoms with Gasteiger partial charge in [-0.05, 0) is 11.1 Å². The summed E-state index contributed by atoms with van der Waals surface area (Å²) in [7, 11) is 0. The molecule has 0 aliphatic carbocycles. The van der Waals surface area contributed by atoms with Crippen LogP contribution in [0.25, 0.3) is 16.1 Å². The van der Waals surface area contributed by atoms with Gasteiger partial charge in [-0.3, -0.25) is 0 Å². The predicted molar refractivity (Wildman–Crippen MR) is 56.6 cm³/mol.